The number of carbonyl (C=O) groups is 2. The Morgan fingerprint density at radius 1 is 1.42 bits per heavy atom. The second kappa shape index (κ2) is 5.73. The Morgan fingerprint density at radius 3 is 2.79 bits per heavy atom. The van der Waals surface area contributed by atoms with Crippen LogP contribution in [0, 0.1) is 0 Å². The molecule has 2 heterocycles. The minimum Gasteiger partial charge on any atom is -0.480 e. The minimum atomic E-state index is -1.12. The van der Waals surface area contributed by atoms with Gasteiger partial charge in [-0.1, -0.05) is 23.2 Å². The van der Waals surface area contributed by atoms with Crippen LogP contribution in [0.2, 0.25) is 10.3 Å². The van der Waals surface area contributed by atoms with Gasteiger partial charge in [0.1, 0.15) is 10.3 Å². The molecule has 1 aliphatic heterocycles. The van der Waals surface area contributed by atoms with Crippen molar-refractivity contribution in [2.24, 2.45) is 0 Å². The number of morpholine rings is 1. The van der Waals surface area contributed by atoms with Gasteiger partial charge in [0, 0.05) is 6.54 Å². The Bertz CT molecular complexity index is 523. The van der Waals surface area contributed by atoms with Gasteiger partial charge in [-0.05, 0) is 12.1 Å². The summed E-state index contributed by atoms with van der Waals surface area (Å²) >= 11 is 11.5. The molecule has 0 aliphatic carbocycles. The van der Waals surface area contributed by atoms with Crippen LogP contribution < -0.4 is 0 Å². The van der Waals surface area contributed by atoms with Gasteiger partial charge in [0.05, 0.1) is 18.8 Å². The Morgan fingerprint density at radius 2 is 2.16 bits per heavy atom. The molecule has 1 aromatic rings. The lowest BCUT2D eigenvalue weighted by molar-refractivity contribution is -0.147. The first kappa shape index (κ1) is 14.0. The van der Waals surface area contributed by atoms with E-state index in [1.807, 2.05) is 0 Å². The molecule has 1 N–H and O–H groups in total. The van der Waals surface area contributed by atoms with Crippen molar-refractivity contribution >= 4 is 35.1 Å². The van der Waals surface area contributed by atoms with Crippen LogP contribution in [0.1, 0.15) is 10.4 Å². The molecule has 1 aliphatic rings. The van der Waals surface area contributed by atoms with E-state index in [0.29, 0.717) is 0 Å². The Balaban J connectivity index is 2.28. The first-order valence-electron chi connectivity index (χ1n) is 5.44. The molecule has 1 saturated heterocycles. The van der Waals surface area contributed by atoms with Crippen molar-refractivity contribution in [3.63, 3.8) is 0 Å². The van der Waals surface area contributed by atoms with E-state index in [0.717, 1.165) is 0 Å². The predicted molar refractivity (Wildman–Crippen MR) is 67.5 cm³/mol. The van der Waals surface area contributed by atoms with Gasteiger partial charge in [-0.2, -0.15) is 0 Å². The fourth-order valence-electron chi connectivity index (χ4n) is 1.78. The van der Waals surface area contributed by atoms with E-state index in [4.69, 9.17) is 33.0 Å². The average Bonchev–Trinajstić information content (AvgIpc) is 2.38. The van der Waals surface area contributed by atoms with Crippen molar-refractivity contribution in [3.05, 3.63) is 28.0 Å². The van der Waals surface area contributed by atoms with Crippen molar-refractivity contribution < 1.29 is 19.4 Å². The van der Waals surface area contributed by atoms with Gasteiger partial charge in [0.15, 0.2) is 6.04 Å². The van der Waals surface area contributed by atoms with Crippen molar-refractivity contribution in [2.75, 3.05) is 19.8 Å². The van der Waals surface area contributed by atoms with Crippen LogP contribution in [-0.4, -0.2) is 52.7 Å². The molecular formula is C11H10Cl2N2O4. The lowest BCUT2D eigenvalue weighted by Gasteiger charge is -2.32. The lowest BCUT2D eigenvalue weighted by atomic mass is 10.1. The Labute approximate surface area is 118 Å². The molecule has 0 spiro atoms. The summed E-state index contributed by atoms with van der Waals surface area (Å²) in [5.74, 6) is -1.61. The molecule has 0 radical (unpaired) electrons. The summed E-state index contributed by atoms with van der Waals surface area (Å²) in [7, 11) is 0. The van der Waals surface area contributed by atoms with Crippen LogP contribution >= 0.6 is 23.2 Å². The largest absolute Gasteiger partial charge is 0.480 e. The number of aliphatic carboxylic acids is 1. The van der Waals surface area contributed by atoms with E-state index < -0.39 is 17.9 Å². The van der Waals surface area contributed by atoms with Crippen molar-refractivity contribution in [3.8, 4) is 0 Å². The number of rotatable bonds is 2. The number of carboxylic acids is 1. The molecule has 0 aromatic carbocycles. The van der Waals surface area contributed by atoms with Crippen LogP contribution in [0.3, 0.4) is 0 Å². The van der Waals surface area contributed by atoms with E-state index in [1.54, 1.807) is 0 Å². The molecule has 102 valence electrons. The molecule has 1 aromatic heterocycles. The first-order chi connectivity index (χ1) is 9.00. The van der Waals surface area contributed by atoms with E-state index in [2.05, 4.69) is 4.98 Å². The summed E-state index contributed by atoms with van der Waals surface area (Å²) in [4.78, 5) is 28.4. The molecule has 1 fully saturated rings. The first-order valence-corrected chi connectivity index (χ1v) is 6.20. The highest BCUT2D eigenvalue weighted by atomic mass is 35.5. The van der Waals surface area contributed by atoms with Gasteiger partial charge in [-0.15, -0.1) is 0 Å². The number of halogens is 2. The number of carbonyl (C=O) groups excluding carboxylic acids is 1. The van der Waals surface area contributed by atoms with Gasteiger partial charge in [0.2, 0.25) is 0 Å². The molecule has 1 atom stereocenters. The smallest absolute Gasteiger partial charge is 0.328 e. The second-order valence-corrected chi connectivity index (χ2v) is 4.65. The minimum absolute atomic E-state index is 0.0420. The fraction of sp³-hybridized carbons (Fsp3) is 0.364. The van der Waals surface area contributed by atoms with Crippen LogP contribution in [0.5, 0.6) is 0 Å². The lowest BCUT2D eigenvalue weighted by Crippen LogP contribution is -2.52. The summed E-state index contributed by atoms with van der Waals surface area (Å²) in [6, 6.07) is 1.83. The van der Waals surface area contributed by atoms with E-state index in [-0.39, 0.29) is 35.6 Å². The summed E-state index contributed by atoms with van der Waals surface area (Å²) < 4.78 is 5.06. The van der Waals surface area contributed by atoms with Crippen LogP contribution in [0.25, 0.3) is 0 Å². The standard InChI is InChI=1S/C11H10Cl2N2O4/c12-8-2-1-6(9(13)14-8)10(16)15-3-4-19-5-7(15)11(17)18/h1-2,7H,3-5H2,(H,17,18). The summed E-state index contributed by atoms with van der Waals surface area (Å²) in [5, 5.41) is 9.19. The van der Waals surface area contributed by atoms with Gasteiger partial charge in [-0.25, -0.2) is 9.78 Å². The molecule has 0 bridgehead atoms. The van der Waals surface area contributed by atoms with Crippen LogP contribution in [0.15, 0.2) is 12.1 Å². The zero-order chi connectivity index (χ0) is 14.0. The summed E-state index contributed by atoms with van der Waals surface area (Å²) in [6.45, 7) is 0.433. The van der Waals surface area contributed by atoms with E-state index in [9.17, 15) is 9.59 Å². The zero-order valence-electron chi connectivity index (χ0n) is 9.68. The third-order valence-electron chi connectivity index (χ3n) is 2.72. The Kier molecular flexibility index (Phi) is 4.24. The molecule has 6 nitrogen and oxygen atoms in total. The maximum Gasteiger partial charge on any atom is 0.328 e. The number of hydrogen-bond donors (Lipinski definition) is 1. The van der Waals surface area contributed by atoms with Gasteiger partial charge >= 0.3 is 5.97 Å². The predicted octanol–water partition coefficient (Wildman–Crippen LogP) is 1.31. The van der Waals surface area contributed by atoms with Crippen LogP contribution in [0.4, 0.5) is 0 Å². The maximum atomic E-state index is 12.3. The van der Waals surface area contributed by atoms with Crippen LogP contribution in [-0.2, 0) is 9.53 Å². The number of ether oxygens (including phenoxy) is 1. The quantitative estimate of drug-likeness (QED) is 0.833. The van der Waals surface area contributed by atoms with Gasteiger partial charge < -0.3 is 14.7 Å². The van der Waals surface area contributed by atoms with E-state index >= 15 is 0 Å². The number of hydrogen-bond acceptors (Lipinski definition) is 4. The van der Waals surface area contributed by atoms with E-state index in [1.165, 1.54) is 17.0 Å². The fourth-order valence-corrected chi connectivity index (χ4v) is 2.20. The highest BCUT2D eigenvalue weighted by Gasteiger charge is 2.34. The van der Waals surface area contributed by atoms with Crippen molar-refractivity contribution in [2.45, 2.75) is 6.04 Å². The number of pyridine rings is 1. The van der Waals surface area contributed by atoms with Crippen molar-refractivity contribution in [1.82, 2.24) is 9.88 Å². The summed E-state index contributed by atoms with van der Waals surface area (Å²) in [6.07, 6.45) is 0. The van der Waals surface area contributed by atoms with Gasteiger partial charge in [-0.3, -0.25) is 4.79 Å². The maximum absolute atomic E-state index is 12.3. The topological polar surface area (TPSA) is 79.7 Å². The second-order valence-electron chi connectivity index (χ2n) is 3.90. The monoisotopic (exact) mass is 304 g/mol. The molecule has 1 unspecified atom stereocenters. The Hall–Kier alpha value is -1.37. The molecule has 1 amide bonds. The average molecular weight is 305 g/mol. The number of amides is 1. The number of carboxylic acid groups (broad SMARTS) is 1. The SMILES string of the molecule is O=C(O)C1COCCN1C(=O)c1ccc(Cl)nc1Cl. The highest BCUT2D eigenvalue weighted by Crippen LogP contribution is 2.20. The number of nitrogens with zero attached hydrogens (tertiary/aromatic N) is 2. The van der Waals surface area contributed by atoms with Crippen molar-refractivity contribution in [1.29, 1.82) is 0 Å². The highest BCUT2D eigenvalue weighted by molar-refractivity contribution is 6.34. The third kappa shape index (κ3) is 2.97. The molecular weight excluding hydrogens is 295 g/mol. The molecule has 19 heavy (non-hydrogen) atoms. The third-order valence-corrected chi connectivity index (χ3v) is 3.22. The normalized spacial score (nSPS) is 19.3. The zero-order valence-corrected chi connectivity index (χ0v) is 11.2. The molecule has 8 heteroatoms. The number of aromatic nitrogens is 1. The van der Waals surface area contributed by atoms with Gasteiger partial charge in [0.25, 0.3) is 5.91 Å². The molecule has 0 saturated carbocycles. The molecule has 2 rings (SSSR count). The summed E-state index contributed by atoms with van der Waals surface area (Å²) in [5.41, 5.74) is 0.124.